The molecular formula is C19H33N3O2. The van der Waals surface area contributed by atoms with Crippen LogP contribution in [-0.4, -0.2) is 65.8 Å². The number of hydrogen-bond acceptors (Lipinski definition) is 4. The number of ether oxygens (including phenoxy) is 1. The van der Waals surface area contributed by atoms with Crippen LogP contribution in [0.1, 0.15) is 53.4 Å². The third-order valence-corrected chi connectivity index (χ3v) is 5.15. The largest absolute Gasteiger partial charge is 0.444 e. The normalized spacial score (nSPS) is 22.9. The molecule has 0 saturated carbocycles. The van der Waals surface area contributed by atoms with Gasteiger partial charge >= 0.3 is 6.09 Å². The van der Waals surface area contributed by atoms with Crippen molar-refractivity contribution in [3.8, 4) is 12.3 Å². The molecule has 5 heteroatoms. The van der Waals surface area contributed by atoms with Crippen LogP contribution < -0.4 is 5.32 Å². The molecule has 0 atom stereocenters. The molecule has 0 unspecified atom stereocenters. The number of amides is 1. The van der Waals surface area contributed by atoms with Crippen molar-refractivity contribution < 1.29 is 9.53 Å². The number of carbonyl (C=O) groups is 1. The van der Waals surface area contributed by atoms with E-state index in [1.54, 1.807) is 0 Å². The Labute approximate surface area is 147 Å². The predicted octanol–water partition coefficient (Wildman–Crippen LogP) is 2.46. The molecular weight excluding hydrogens is 302 g/mol. The first kappa shape index (κ1) is 19.1. The molecule has 2 rings (SSSR count). The van der Waals surface area contributed by atoms with Gasteiger partial charge in [-0.05, 0) is 53.4 Å². The Bertz CT molecular complexity index is 462. The van der Waals surface area contributed by atoms with E-state index in [9.17, 15) is 4.79 Å². The maximum atomic E-state index is 12.1. The second kappa shape index (κ2) is 7.76. The molecule has 2 fully saturated rings. The van der Waals surface area contributed by atoms with Crippen LogP contribution in [0.5, 0.6) is 0 Å². The number of rotatable bonds is 3. The second-order valence-corrected chi connectivity index (χ2v) is 8.35. The number of nitrogens with one attached hydrogen (secondary N) is 1. The van der Waals surface area contributed by atoms with Gasteiger partial charge in [0.2, 0.25) is 0 Å². The molecule has 0 bridgehead atoms. The molecule has 2 heterocycles. The van der Waals surface area contributed by atoms with Gasteiger partial charge in [0, 0.05) is 37.8 Å². The van der Waals surface area contributed by atoms with E-state index in [0.29, 0.717) is 12.6 Å². The highest BCUT2D eigenvalue weighted by molar-refractivity contribution is 5.68. The molecule has 0 aromatic rings. The average molecular weight is 335 g/mol. The van der Waals surface area contributed by atoms with Gasteiger partial charge in [-0.2, -0.15) is 0 Å². The predicted molar refractivity (Wildman–Crippen MR) is 96.9 cm³/mol. The van der Waals surface area contributed by atoms with Crippen LogP contribution >= 0.6 is 0 Å². The first-order valence-electron chi connectivity index (χ1n) is 9.13. The summed E-state index contributed by atoms with van der Waals surface area (Å²) in [6.45, 7) is 12.4. The lowest BCUT2D eigenvalue weighted by atomic mass is 9.88. The molecule has 5 nitrogen and oxygen atoms in total. The van der Waals surface area contributed by atoms with Crippen molar-refractivity contribution in [1.29, 1.82) is 0 Å². The fraction of sp³-hybridized carbons (Fsp3) is 0.842. The smallest absolute Gasteiger partial charge is 0.410 e. The molecule has 2 aliphatic rings. The van der Waals surface area contributed by atoms with Gasteiger partial charge in [-0.15, -0.1) is 6.42 Å². The summed E-state index contributed by atoms with van der Waals surface area (Å²) < 4.78 is 5.47. The number of terminal acetylenes is 1. The van der Waals surface area contributed by atoms with E-state index in [1.165, 1.54) is 0 Å². The van der Waals surface area contributed by atoms with Crippen molar-refractivity contribution in [3.63, 3.8) is 0 Å². The highest BCUT2D eigenvalue weighted by Gasteiger charge is 2.34. The van der Waals surface area contributed by atoms with Gasteiger partial charge in [-0.1, -0.05) is 5.92 Å². The van der Waals surface area contributed by atoms with E-state index in [2.05, 4.69) is 23.1 Å². The van der Waals surface area contributed by atoms with Gasteiger partial charge in [0.05, 0.1) is 6.54 Å². The summed E-state index contributed by atoms with van der Waals surface area (Å²) in [7, 11) is 0. The molecule has 136 valence electrons. The molecule has 0 radical (unpaired) electrons. The monoisotopic (exact) mass is 335 g/mol. The van der Waals surface area contributed by atoms with Crippen molar-refractivity contribution in [1.82, 2.24) is 15.1 Å². The molecule has 0 aliphatic carbocycles. The van der Waals surface area contributed by atoms with Crippen LogP contribution in [0.25, 0.3) is 0 Å². The molecule has 0 aromatic carbocycles. The van der Waals surface area contributed by atoms with Gasteiger partial charge in [-0.25, -0.2) is 4.79 Å². The maximum absolute atomic E-state index is 12.1. The lowest BCUT2D eigenvalue weighted by Gasteiger charge is -2.45. The van der Waals surface area contributed by atoms with Crippen LogP contribution in [0.2, 0.25) is 0 Å². The number of nitrogens with zero attached hydrogens (tertiary/aromatic N) is 2. The van der Waals surface area contributed by atoms with Crippen LogP contribution in [0.15, 0.2) is 0 Å². The van der Waals surface area contributed by atoms with Gasteiger partial charge < -0.3 is 19.9 Å². The first-order valence-corrected chi connectivity index (χ1v) is 9.13. The number of hydrogen-bond donors (Lipinski definition) is 1. The Kier molecular flexibility index (Phi) is 6.17. The zero-order valence-corrected chi connectivity index (χ0v) is 15.7. The summed E-state index contributed by atoms with van der Waals surface area (Å²) in [6, 6.07) is 0.584. The van der Waals surface area contributed by atoms with Crippen molar-refractivity contribution in [3.05, 3.63) is 0 Å². The standard InChI is InChI=1S/C19H33N3O2/c1-6-11-20-19(5)9-14-21(15-10-19)16-7-12-22(13-8-16)17(23)24-18(2,3)4/h1,16,20H,7-15H2,2-5H3. The first-order chi connectivity index (χ1) is 11.2. The van der Waals surface area contributed by atoms with Gasteiger partial charge in [0.1, 0.15) is 5.60 Å². The van der Waals surface area contributed by atoms with Crippen LogP contribution in [-0.2, 0) is 4.74 Å². The van der Waals surface area contributed by atoms with Crippen molar-refractivity contribution in [2.45, 2.75) is 70.6 Å². The molecule has 0 spiro atoms. The van der Waals surface area contributed by atoms with Crippen molar-refractivity contribution in [2.24, 2.45) is 0 Å². The van der Waals surface area contributed by atoms with Crippen LogP contribution in [0.4, 0.5) is 4.79 Å². The fourth-order valence-electron chi connectivity index (χ4n) is 3.56. The summed E-state index contributed by atoms with van der Waals surface area (Å²) in [5, 5.41) is 3.48. The third kappa shape index (κ3) is 5.39. The Morgan fingerprint density at radius 3 is 2.33 bits per heavy atom. The Hall–Kier alpha value is -1.25. The SMILES string of the molecule is C#CCNC1(C)CCN(C2CCN(C(=O)OC(C)(C)C)CC2)CC1. The quantitative estimate of drug-likeness (QED) is 0.805. The topological polar surface area (TPSA) is 44.8 Å². The second-order valence-electron chi connectivity index (χ2n) is 8.35. The minimum Gasteiger partial charge on any atom is -0.444 e. The van der Waals surface area contributed by atoms with Gasteiger partial charge in [-0.3, -0.25) is 0 Å². The van der Waals surface area contributed by atoms with E-state index in [4.69, 9.17) is 11.2 Å². The summed E-state index contributed by atoms with van der Waals surface area (Å²) in [5.74, 6) is 2.67. The highest BCUT2D eigenvalue weighted by Crippen LogP contribution is 2.26. The minimum atomic E-state index is -0.420. The van der Waals surface area contributed by atoms with Crippen molar-refractivity contribution >= 4 is 6.09 Å². The third-order valence-electron chi connectivity index (χ3n) is 5.15. The highest BCUT2D eigenvalue weighted by atomic mass is 16.6. The zero-order chi connectivity index (χ0) is 17.8. The minimum absolute atomic E-state index is 0.167. The van der Waals surface area contributed by atoms with Crippen LogP contribution in [0, 0.1) is 12.3 Å². The molecule has 1 N–H and O–H groups in total. The van der Waals surface area contributed by atoms with Crippen molar-refractivity contribution in [2.75, 3.05) is 32.7 Å². The summed E-state index contributed by atoms with van der Waals surface area (Å²) in [6.07, 6.45) is 9.51. The molecule has 2 aliphatic heterocycles. The van der Waals surface area contributed by atoms with Gasteiger partial charge in [0.15, 0.2) is 0 Å². The Morgan fingerprint density at radius 1 is 1.25 bits per heavy atom. The summed E-state index contributed by atoms with van der Waals surface area (Å²) >= 11 is 0. The van der Waals surface area contributed by atoms with E-state index in [-0.39, 0.29) is 11.6 Å². The fourth-order valence-corrected chi connectivity index (χ4v) is 3.56. The van der Waals surface area contributed by atoms with E-state index < -0.39 is 5.60 Å². The van der Waals surface area contributed by atoms with Gasteiger partial charge in [0.25, 0.3) is 0 Å². The summed E-state index contributed by atoms with van der Waals surface area (Å²) in [5.41, 5.74) is -0.253. The Morgan fingerprint density at radius 2 is 1.83 bits per heavy atom. The van der Waals surface area contributed by atoms with Crippen LogP contribution in [0.3, 0.4) is 0 Å². The number of likely N-dealkylation sites (tertiary alicyclic amines) is 2. The number of carbonyl (C=O) groups excluding carboxylic acids is 1. The molecule has 2 saturated heterocycles. The molecule has 0 aromatic heterocycles. The molecule has 1 amide bonds. The average Bonchev–Trinajstić information content (AvgIpc) is 2.52. The molecule has 24 heavy (non-hydrogen) atoms. The number of piperidine rings is 2. The summed E-state index contributed by atoms with van der Waals surface area (Å²) in [4.78, 5) is 16.6. The van der Waals surface area contributed by atoms with E-state index in [0.717, 1.165) is 51.9 Å². The lowest BCUT2D eigenvalue weighted by molar-refractivity contribution is 0.0108. The van der Waals surface area contributed by atoms with E-state index in [1.807, 2.05) is 25.7 Å². The maximum Gasteiger partial charge on any atom is 0.410 e. The zero-order valence-electron chi connectivity index (χ0n) is 15.7. The lowest BCUT2D eigenvalue weighted by Crippen LogP contribution is -2.55. The Balaban J connectivity index is 1.76. The van der Waals surface area contributed by atoms with E-state index >= 15 is 0 Å².